The van der Waals surface area contributed by atoms with E-state index in [9.17, 15) is 5.26 Å². The first kappa shape index (κ1) is 13.1. The molecule has 20 heavy (non-hydrogen) atoms. The Labute approximate surface area is 119 Å². The number of aryl methyl sites for hydroxylation is 1. The first-order valence-electron chi connectivity index (χ1n) is 7.28. The lowest BCUT2D eigenvalue weighted by Crippen LogP contribution is -2.37. The van der Waals surface area contributed by atoms with Crippen molar-refractivity contribution in [2.75, 3.05) is 13.1 Å². The van der Waals surface area contributed by atoms with Crippen LogP contribution in [0.2, 0.25) is 0 Å². The summed E-state index contributed by atoms with van der Waals surface area (Å²) in [6.07, 6.45) is 4.44. The van der Waals surface area contributed by atoms with Crippen molar-refractivity contribution in [2.24, 2.45) is 5.92 Å². The van der Waals surface area contributed by atoms with Gasteiger partial charge >= 0.3 is 0 Å². The van der Waals surface area contributed by atoms with Crippen molar-refractivity contribution in [1.29, 1.82) is 5.26 Å². The van der Waals surface area contributed by atoms with E-state index in [0.717, 1.165) is 30.1 Å². The number of rotatable bonds is 2. The SMILES string of the molecule is Cc1nc2ccccn2c1C(C#N)N1CCCC(C)C1. The molecule has 104 valence electrons. The smallest absolute Gasteiger partial charge is 0.141 e. The number of fused-ring (bicyclic) bond motifs is 1. The first-order valence-corrected chi connectivity index (χ1v) is 7.28. The largest absolute Gasteiger partial charge is 0.301 e. The standard InChI is InChI=1S/C16H20N4/c1-12-6-5-8-19(11-12)14(10-17)16-13(2)18-15-7-3-4-9-20(15)16/h3-4,7,9,12,14H,5-6,8,11H2,1-2H3. The van der Waals surface area contributed by atoms with Gasteiger partial charge < -0.3 is 4.40 Å². The van der Waals surface area contributed by atoms with E-state index in [1.165, 1.54) is 12.8 Å². The van der Waals surface area contributed by atoms with Crippen molar-refractivity contribution in [3.05, 3.63) is 35.8 Å². The Morgan fingerprint density at radius 1 is 1.45 bits per heavy atom. The minimum atomic E-state index is -0.199. The van der Waals surface area contributed by atoms with Crippen molar-refractivity contribution < 1.29 is 0 Å². The predicted octanol–water partition coefficient (Wildman–Crippen LogP) is 2.94. The zero-order chi connectivity index (χ0) is 14.1. The lowest BCUT2D eigenvalue weighted by molar-refractivity contribution is 0.153. The van der Waals surface area contributed by atoms with Gasteiger partial charge in [-0.25, -0.2) is 4.98 Å². The van der Waals surface area contributed by atoms with E-state index in [1.54, 1.807) is 0 Å². The van der Waals surface area contributed by atoms with E-state index in [1.807, 2.05) is 31.3 Å². The maximum absolute atomic E-state index is 9.69. The third-order valence-electron chi connectivity index (χ3n) is 4.19. The molecule has 4 nitrogen and oxygen atoms in total. The second-order valence-electron chi connectivity index (χ2n) is 5.79. The second kappa shape index (κ2) is 5.26. The molecule has 2 atom stereocenters. The van der Waals surface area contributed by atoms with Gasteiger partial charge in [0.05, 0.1) is 17.5 Å². The molecule has 1 saturated heterocycles. The van der Waals surface area contributed by atoms with Crippen LogP contribution in [0, 0.1) is 24.2 Å². The molecule has 3 rings (SSSR count). The highest BCUT2D eigenvalue weighted by Gasteiger charge is 2.28. The van der Waals surface area contributed by atoms with Crippen LogP contribution in [0.15, 0.2) is 24.4 Å². The summed E-state index contributed by atoms with van der Waals surface area (Å²) in [6, 6.07) is 8.26. The zero-order valence-corrected chi connectivity index (χ0v) is 12.1. The maximum atomic E-state index is 9.69. The highest BCUT2D eigenvalue weighted by molar-refractivity contribution is 5.44. The molecule has 4 heteroatoms. The van der Waals surface area contributed by atoms with E-state index in [2.05, 4.69) is 27.3 Å². The van der Waals surface area contributed by atoms with Crippen molar-refractivity contribution in [3.63, 3.8) is 0 Å². The van der Waals surface area contributed by atoms with Gasteiger partial charge in [0, 0.05) is 12.7 Å². The van der Waals surface area contributed by atoms with Crippen LogP contribution < -0.4 is 0 Å². The maximum Gasteiger partial charge on any atom is 0.141 e. The summed E-state index contributed by atoms with van der Waals surface area (Å²) in [4.78, 5) is 6.88. The average molecular weight is 268 g/mol. The minimum Gasteiger partial charge on any atom is -0.301 e. The number of hydrogen-bond acceptors (Lipinski definition) is 3. The minimum absolute atomic E-state index is 0.199. The number of aromatic nitrogens is 2. The molecule has 0 aromatic carbocycles. The topological polar surface area (TPSA) is 44.3 Å². The van der Waals surface area contributed by atoms with Gasteiger partial charge in [0.25, 0.3) is 0 Å². The molecular formula is C16H20N4. The number of hydrogen-bond donors (Lipinski definition) is 0. The summed E-state index contributed by atoms with van der Waals surface area (Å²) in [6.45, 7) is 6.27. The van der Waals surface area contributed by atoms with E-state index in [0.29, 0.717) is 5.92 Å². The Bertz CT molecular complexity index is 652. The number of likely N-dealkylation sites (tertiary alicyclic amines) is 1. The lowest BCUT2D eigenvalue weighted by atomic mass is 9.98. The van der Waals surface area contributed by atoms with E-state index >= 15 is 0 Å². The number of piperidine rings is 1. The Kier molecular flexibility index (Phi) is 3.45. The number of pyridine rings is 1. The summed E-state index contributed by atoms with van der Waals surface area (Å²) in [5.41, 5.74) is 2.91. The van der Waals surface area contributed by atoms with Gasteiger partial charge in [0.2, 0.25) is 0 Å². The summed E-state index contributed by atoms with van der Waals surface area (Å²) < 4.78 is 2.06. The van der Waals surface area contributed by atoms with Crippen molar-refractivity contribution in [1.82, 2.24) is 14.3 Å². The summed E-state index contributed by atoms with van der Waals surface area (Å²) in [5.74, 6) is 0.666. The lowest BCUT2D eigenvalue weighted by Gasteiger charge is -2.34. The summed E-state index contributed by atoms with van der Waals surface area (Å²) in [5, 5.41) is 9.69. The molecule has 0 saturated carbocycles. The quantitative estimate of drug-likeness (QED) is 0.841. The van der Waals surface area contributed by atoms with Crippen molar-refractivity contribution in [3.8, 4) is 6.07 Å². The number of nitriles is 1. The summed E-state index contributed by atoms with van der Waals surface area (Å²) in [7, 11) is 0. The normalized spacial score (nSPS) is 21.8. The molecule has 2 aromatic rings. The summed E-state index contributed by atoms with van der Waals surface area (Å²) >= 11 is 0. The molecule has 3 heterocycles. The first-order chi connectivity index (χ1) is 9.70. The Balaban J connectivity index is 2.03. The van der Waals surface area contributed by atoms with Gasteiger partial charge in [0.1, 0.15) is 11.7 Å². The molecule has 0 bridgehead atoms. The molecule has 0 radical (unpaired) electrons. The van der Waals surface area contributed by atoms with Crippen LogP contribution in [0.4, 0.5) is 0 Å². The predicted molar refractivity (Wildman–Crippen MR) is 78.3 cm³/mol. The highest BCUT2D eigenvalue weighted by atomic mass is 15.2. The molecule has 1 aliphatic heterocycles. The van der Waals surface area contributed by atoms with Crippen LogP contribution in [0.25, 0.3) is 5.65 Å². The molecular weight excluding hydrogens is 248 g/mol. The molecule has 0 spiro atoms. The monoisotopic (exact) mass is 268 g/mol. The zero-order valence-electron chi connectivity index (χ0n) is 12.1. The Morgan fingerprint density at radius 3 is 3.05 bits per heavy atom. The van der Waals surface area contributed by atoms with Gasteiger partial charge in [-0.05, 0) is 44.4 Å². The van der Waals surface area contributed by atoms with Crippen LogP contribution in [0.1, 0.15) is 37.2 Å². The number of imidazole rings is 1. The van der Waals surface area contributed by atoms with E-state index < -0.39 is 0 Å². The molecule has 1 fully saturated rings. The van der Waals surface area contributed by atoms with Crippen LogP contribution >= 0.6 is 0 Å². The molecule has 0 amide bonds. The van der Waals surface area contributed by atoms with Gasteiger partial charge in [-0.3, -0.25) is 4.90 Å². The molecule has 0 N–H and O–H groups in total. The van der Waals surface area contributed by atoms with Crippen molar-refractivity contribution >= 4 is 5.65 Å². The molecule has 2 unspecified atom stereocenters. The van der Waals surface area contributed by atoms with Gasteiger partial charge in [-0.15, -0.1) is 0 Å². The second-order valence-corrected chi connectivity index (χ2v) is 5.79. The Morgan fingerprint density at radius 2 is 2.30 bits per heavy atom. The van der Waals surface area contributed by atoms with Gasteiger partial charge in [-0.1, -0.05) is 13.0 Å². The van der Waals surface area contributed by atoms with E-state index in [-0.39, 0.29) is 6.04 Å². The van der Waals surface area contributed by atoms with Gasteiger partial charge in [-0.2, -0.15) is 5.26 Å². The van der Waals surface area contributed by atoms with Crippen LogP contribution in [-0.2, 0) is 0 Å². The third kappa shape index (κ3) is 2.19. The Hall–Kier alpha value is -1.86. The molecule has 2 aromatic heterocycles. The third-order valence-corrected chi connectivity index (χ3v) is 4.19. The van der Waals surface area contributed by atoms with Gasteiger partial charge in [0.15, 0.2) is 0 Å². The number of nitrogens with zero attached hydrogens (tertiary/aromatic N) is 4. The van der Waals surface area contributed by atoms with Crippen LogP contribution in [0.3, 0.4) is 0 Å². The van der Waals surface area contributed by atoms with Crippen LogP contribution in [0.5, 0.6) is 0 Å². The van der Waals surface area contributed by atoms with Crippen LogP contribution in [-0.4, -0.2) is 27.4 Å². The fourth-order valence-corrected chi connectivity index (χ4v) is 3.24. The van der Waals surface area contributed by atoms with Crippen molar-refractivity contribution in [2.45, 2.75) is 32.7 Å². The fourth-order valence-electron chi connectivity index (χ4n) is 3.24. The highest BCUT2D eigenvalue weighted by Crippen LogP contribution is 2.28. The average Bonchev–Trinajstić information content (AvgIpc) is 2.77. The van der Waals surface area contributed by atoms with E-state index in [4.69, 9.17) is 0 Å². The fraction of sp³-hybridized carbons (Fsp3) is 0.500. The molecule has 0 aliphatic carbocycles. The molecule has 1 aliphatic rings.